The molecule has 0 heterocycles. The van der Waals surface area contributed by atoms with E-state index in [-0.39, 0.29) is 11.9 Å². The summed E-state index contributed by atoms with van der Waals surface area (Å²) < 4.78 is 1.02. The lowest BCUT2D eigenvalue weighted by Crippen LogP contribution is -2.42. The van der Waals surface area contributed by atoms with E-state index in [1.807, 2.05) is 61.5 Å². The Labute approximate surface area is 133 Å². The van der Waals surface area contributed by atoms with Gasteiger partial charge in [-0.2, -0.15) is 0 Å². The number of carbonyl (C=O) groups excluding carboxylic acids is 1. The molecule has 2 aromatic rings. The first-order chi connectivity index (χ1) is 10.1. The molecule has 0 unspecified atom stereocenters. The highest BCUT2D eigenvalue weighted by molar-refractivity contribution is 9.10. The number of halogens is 1. The summed E-state index contributed by atoms with van der Waals surface area (Å²) >= 11 is 3.40. The van der Waals surface area contributed by atoms with Crippen LogP contribution in [0.1, 0.15) is 24.1 Å². The van der Waals surface area contributed by atoms with Crippen LogP contribution < -0.4 is 11.1 Å². The van der Waals surface area contributed by atoms with Gasteiger partial charge in [0.25, 0.3) is 0 Å². The number of carbonyl (C=O) groups is 1. The van der Waals surface area contributed by atoms with Crippen molar-refractivity contribution in [3.8, 4) is 0 Å². The Bertz CT molecular complexity index is 583. The number of benzene rings is 2. The van der Waals surface area contributed by atoms with E-state index < -0.39 is 6.04 Å². The van der Waals surface area contributed by atoms with Gasteiger partial charge in [0.15, 0.2) is 0 Å². The van der Waals surface area contributed by atoms with Crippen molar-refractivity contribution in [2.75, 3.05) is 0 Å². The molecule has 4 heteroatoms. The van der Waals surface area contributed by atoms with Gasteiger partial charge >= 0.3 is 0 Å². The first-order valence-electron chi connectivity index (χ1n) is 6.91. The molecule has 3 nitrogen and oxygen atoms in total. The van der Waals surface area contributed by atoms with Gasteiger partial charge in [-0.1, -0.05) is 58.4 Å². The highest BCUT2D eigenvalue weighted by atomic mass is 79.9. The minimum Gasteiger partial charge on any atom is -0.348 e. The SMILES string of the molecule is C[C@@H](NC(=O)[C@H](N)Cc1ccccc1)c1ccc(Br)cc1. The second-order valence-electron chi connectivity index (χ2n) is 5.08. The first-order valence-corrected chi connectivity index (χ1v) is 7.71. The first kappa shape index (κ1) is 15.7. The van der Waals surface area contributed by atoms with Crippen LogP contribution in [0.2, 0.25) is 0 Å². The zero-order chi connectivity index (χ0) is 15.2. The lowest BCUT2D eigenvalue weighted by molar-refractivity contribution is -0.123. The number of amides is 1. The number of nitrogens with two attached hydrogens (primary N) is 1. The summed E-state index contributed by atoms with van der Waals surface area (Å²) in [6, 6.07) is 17.1. The van der Waals surface area contributed by atoms with E-state index in [4.69, 9.17) is 5.73 Å². The zero-order valence-corrected chi connectivity index (χ0v) is 13.5. The molecule has 0 aliphatic carbocycles. The zero-order valence-electron chi connectivity index (χ0n) is 11.9. The van der Waals surface area contributed by atoms with E-state index in [1.54, 1.807) is 0 Å². The van der Waals surface area contributed by atoms with Gasteiger partial charge in [0.2, 0.25) is 5.91 Å². The summed E-state index contributed by atoms with van der Waals surface area (Å²) in [6.07, 6.45) is 0.541. The summed E-state index contributed by atoms with van der Waals surface area (Å²) in [5, 5.41) is 2.96. The minimum absolute atomic E-state index is 0.0626. The molecule has 0 radical (unpaired) electrons. The molecule has 2 atom stereocenters. The van der Waals surface area contributed by atoms with Gasteiger partial charge in [-0.3, -0.25) is 4.79 Å². The number of rotatable bonds is 5. The molecule has 0 aliphatic heterocycles. The van der Waals surface area contributed by atoms with E-state index in [2.05, 4.69) is 21.2 Å². The van der Waals surface area contributed by atoms with Gasteiger partial charge in [-0.05, 0) is 36.6 Å². The molecule has 0 bridgehead atoms. The van der Waals surface area contributed by atoms with Crippen LogP contribution in [0.4, 0.5) is 0 Å². The van der Waals surface area contributed by atoms with Crippen molar-refractivity contribution in [3.05, 3.63) is 70.2 Å². The van der Waals surface area contributed by atoms with Crippen LogP contribution in [0.3, 0.4) is 0 Å². The van der Waals surface area contributed by atoms with Crippen molar-refractivity contribution in [2.24, 2.45) is 5.73 Å². The van der Waals surface area contributed by atoms with Crippen LogP contribution in [0, 0.1) is 0 Å². The van der Waals surface area contributed by atoms with E-state index >= 15 is 0 Å². The maximum Gasteiger partial charge on any atom is 0.237 e. The topological polar surface area (TPSA) is 55.1 Å². The Morgan fingerprint density at radius 2 is 1.76 bits per heavy atom. The van der Waals surface area contributed by atoms with Crippen LogP contribution in [-0.2, 0) is 11.2 Å². The third-order valence-corrected chi connectivity index (χ3v) is 3.89. The standard InChI is InChI=1S/C17H19BrN2O/c1-12(14-7-9-15(18)10-8-14)20-17(21)16(19)11-13-5-3-2-4-6-13/h2-10,12,16H,11,19H2,1H3,(H,20,21)/t12-,16-/m1/s1. The van der Waals surface area contributed by atoms with E-state index in [0.717, 1.165) is 15.6 Å². The fraction of sp³-hybridized carbons (Fsp3) is 0.235. The Morgan fingerprint density at radius 3 is 2.38 bits per heavy atom. The van der Waals surface area contributed by atoms with Crippen LogP contribution in [0.5, 0.6) is 0 Å². The average Bonchev–Trinajstić information content (AvgIpc) is 2.48. The largest absolute Gasteiger partial charge is 0.348 e. The molecule has 2 rings (SSSR count). The highest BCUT2D eigenvalue weighted by Crippen LogP contribution is 2.16. The van der Waals surface area contributed by atoms with Gasteiger partial charge in [-0.15, -0.1) is 0 Å². The van der Waals surface area contributed by atoms with Crippen molar-refractivity contribution < 1.29 is 4.79 Å². The molecule has 2 aromatic carbocycles. The minimum atomic E-state index is -0.537. The molecule has 0 aromatic heterocycles. The summed E-state index contributed by atoms with van der Waals surface area (Å²) in [5.41, 5.74) is 8.10. The van der Waals surface area contributed by atoms with Crippen LogP contribution >= 0.6 is 15.9 Å². The molecule has 0 fully saturated rings. The van der Waals surface area contributed by atoms with Crippen LogP contribution in [0.25, 0.3) is 0 Å². The van der Waals surface area contributed by atoms with E-state index in [0.29, 0.717) is 6.42 Å². The van der Waals surface area contributed by atoms with E-state index in [1.165, 1.54) is 0 Å². The van der Waals surface area contributed by atoms with Gasteiger partial charge in [0.05, 0.1) is 12.1 Å². The number of nitrogens with one attached hydrogen (secondary N) is 1. The summed E-state index contributed by atoms with van der Waals surface area (Å²) in [4.78, 5) is 12.2. The fourth-order valence-electron chi connectivity index (χ4n) is 2.12. The Hall–Kier alpha value is -1.65. The predicted molar refractivity (Wildman–Crippen MR) is 88.8 cm³/mol. The van der Waals surface area contributed by atoms with Gasteiger partial charge in [0, 0.05) is 4.47 Å². The average molecular weight is 347 g/mol. The Morgan fingerprint density at radius 1 is 1.14 bits per heavy atom. The maximum absolute atomic E-state index is 12.2. The third-order valence-electron chi connectivity index (χ3n) is 3.36. The molecule has 0 spiro atoms. The van der Waals surface area contributed by atoms with Crippen LogP contribution in [0.15, 0.2) is 59.1 Å². The molecular weight excluding hydrogens is 328 g/mol. The smallest absolute Gasteiger partial charge is 0.237 e. The lowest BCUT2D eigenvalue weighted by Gasteiger charge is -2.18. The molecule has 0 saturated carbocycles. The quantitative estimate of drug-likeness (QED) is 0.873. The van der Waals surface area contributed by atoms with Gasteiger partial charge in [-0.25, -0.2) is 0 Å². The van der Waals surface area contributed by atoms with Gasteiger partial charge < -0.3 is 11.1 Å². The molecule has 1 amide bonds. The normalized spacial score (nSPS) is 13.5. The highest BCUT2D eigenvalue weighted by Gasteiger charge is 2.16. The van der Waals surface area contributed by atoms with Crippen molar-refractivity contribution in [3.63, 3.8) is 0 Å². The monoisotopic (exact) mass is 346 g/mol. The summed E-state index contributed by atoms with van der Waals surface area (Å²) in [7, 11) is 0. The summed E-state index contributed by atoms with van der Waals surface area (Å²) in [6.45, 7) is 1.95. The van der Waals surface area contributed by atoms with Crippen molar-refractivity contribution >= 4 is 21.8 Å². The maximum atomic E-state index is 12.2. The third kappa shape index (κ3) is 4.69. The molecule has 110 valence electrons. The predicted octanol–water partition coefficient (Wildman–Crippen LogP) is 3.20. The fourth-order valence-corrected chi connectivity index (χ4v) is 2.38. The Kier molecular flexibility index (Phi) is 5.53. The van der Waals surface area contributed by atoms with Crippen molar-refractivity contribution in [1.82, 2.24) is 5.32 Å². The van der Waals surface area contributed by atoms with Crippen molar-refractivity contribution in [1.29, 1.82) is 0 Å². The molecule has 0 aliphatic rings. The molecule has 21 heavy (non-hydrogen) atoms. The second-order valence-corrected chi connectivity index (χ2v) is 5.99. The van der Waals surface area contributed by atoms with Crippen LogP contribution in [-0.4, -0.2) is 11.9 Å². The van der Waals surface area contributed by atoms with Crippen molar-refractivity contribution in [2.45, 2.75) is 25.4 Å². The molecular formula is C17H19BrN2O. The molecule has 0 saturated heterocycles. The van der Waals surface area contributed by atoms with Gasteiger partial charge in [0.1, 0.15) is 0 Å². The van der Waals surface area contributed by atoms with E-state index in [9.17, 15) is 4.79 Å². The number of hydrogen-bond donors (Lipinski definition) is 2. The Balaban J connectivity index is 1.92. The lowest BCUT2D eigenvalue weighted by atomic mass is 10.0. The second kappa shape index (κ2) is 7.38. The number of hydrogen-bond acceptors (Lipinski definition) is 2. The summed E-state index contributed by atoms with van der Waals surface area (Å²) in [5.74, 6) is -0.130. The molecule has 3 N–H and O–H groups in total.